The molecule has 2 aliphatic carbocycles. The lowest BCUT2D eigenvalue weighted by atomic mass is 9.81. The van der Waals surface area contributed by atoms with Crippen LogP contribution in [0, 0.1) is 17.8 Å². The molecule has 3 fully saturated rings. The zero-order valence-corrected chi connectivity index (χ0v) is 18.7. The van der Waals surface area contributed by atoms with Gasteiger partial charge in [-0.15, -0.1) is 0 Å². The van der Waals surface area contributed by atoms with Gasteiger partial charge in [-0.3, -0.25) is 0 Å². The number of cyclic esters (lactones) is 1. The maximum absolute atomic E-state index is 11.6. The number of rotatable bonds is 4. The van der Waals surface area contributed by atoms with Gasteiger partial charge in [-0.25, -0.2) is 4.79 Å². The Labute approximate surface area is 178 Å². The van der Waals surface area contributed by atoms with Crippen molar-refractivity contribution in [1.29, 1.82) is 0 Å². The molecule has 2 heteroatoms. The molecule has 3 aliphatic rings. The summed E-state index contributed by atoms with van der Waals surface area (Å²) in [5.41, 5.74) is 5.11. The Morgan fingerprint density at radius 2 is 1.76 bits per heavy atom. The van der Waals surface area contributed by atoms with Gasteiger partial charge in [0.2, 0.25) is 0 Å². The number of carbonyl (C=O) groups is 1. The second kappa shape index (κ2) is 10.5. The fourth-order valence-electron chi connectivity index (χ4n) is 5.37. The molecule has 29 heavy (non-hydrogen) atoms. The van der Waals surface area contributed by atoms with Gasteiger partial charge < -0.3 is 4.74 Å². The van der Waals surface area contributed by atoms with Gasteiger partial charge in [0.05, 0.1) is 0 Å². The zero-order valence-electron chi connectivity index (χ0n) is 18.7. The smallest absolute Gasteiger partial charge is 0.333 e. The van der Waals surface area contributed by atoms with E-state index in [-0.39, 0.29) is 12.1 Å². The van der Waals surface area contributed by atoms with E-state index < -0.39 is 0 Å². The van der Waals surface area contributed by atoms with Crippen LogP contribution in [-0.2, 0) is 9.53 Å². The standard InChI is InChI=1S/C27H40O2/c1-19-9-5-6-10-23(19)15-16-24-11-7-8-12-25(14-13-20(24)2)21(3)17-26-18-22(4)27(28)29-26/h15-16,20-21,25-26H,1,4-14,17-18H2,2-3H3/b23-15-,24-16+/t20?,21-,25?,26?/m1/s1. The summed E-state index contributed by atoms with van der Waals surface area (Å²) in [7, 11) is 0. The summed E-state index contributed by atoms with van der Waals surface area (Å²) in [6.07, 6.45) is 19.3. The van der Waals surface area contributed by atoms with Crippen molar-refractivity contribution in [1.82, 2.24) is 0 Å². The van der Waals surface area contributed by atoms with Gasteiger partial charge in [0.1, 0.15) is 6.10 Å². The maximum Gasteiger partial charge on any atom is 0.333 e. The predicted octanol–water partition coefficient (Wildman–Crippen LogP) is 7.47. The number of carbonyl (C=O) groups excluding carboxylic acids is 1. The van der Waals surface area contributed by atoms with Gasteiger partial charge in [-0.2, -0.15) is 0 Å². The second-order valence-corrected chi connectivity index (χ2v) is 9.78. The molecule has 0 radical (unpaired) electrons. The molecule has 4 atom stereocenters. The first kappa shape index (κ1) is 22.1. The fraction of sp³-hybridized carbons (Fsp3) is 0.667. The molecule has 1 aliphatic heterocycles. The summed E-state index contributed by atoms with van der Waals surface area (Å²) >= 11 is 0. The van der Waals surface area contributed by atoms with Crippen molar-refractivity contribution in [3.8, 4) is 0 Å². The molecule has 160 valence electrons. The fourth-order valence-corrected chi connectivity index (χ4v) is 5.37. The molecule has 0 spiro atoms. The van der Waals surface area contributed by atoms with E-state index in [0.717, 1.165) is 18.8 Å². The van der Waals surface area contributed by atoms with Crippen LogP contribution in [0.1, 0.15) is 90.9 Å². The van der Waals surface area contributed by atoms with E-state index in [1.54, 1.807) is 5.57 Å². The number of allylic oxidation sites excluding steroid dienone is 5. The largest absolute Gasteiger partial charge is 0.459 e. The van der Waals surface area contributed by atoms with Gasteiger partial charge in [-0.1, -0.05) is 63.1 Å². The Bertz CT molecular complexity index is 665. The van der Waals surface area contributed by atoms with Crippen molar-refractivity contribution < 1.29 is 9.53 Å². The Morgan fingerprint density at radius 1 is 1.00 bits per heavy atom. The Balaban J connectivity index is 1.57. The van der Waals surface area contributed by atoms with E-state index in [4.69, 9.17) is 4.74 Å². The Morgan fingerprint density at radius 3 is 2.48 bits per heavy atom. The molecule has 0 aromatic heterocycles. The second-order valence-electron chi connectivity index (χ2n) is 9.78. The highest BCUT2D eigenvalue weighted by Gasteiger charge is 2.31. The van der Waals surface area contributed by atoms with Crippen LogP contribution in [0.3, 0.4) is 0 Å². The molecule has 1 saturated heterocycles. The summed E-state index contributed by atoms with van der Waals surface area (Å²) in [5.74, 6) is 1.81. The Kier molecular flexibility index (Phi) is 7.98. The van der Waals surface area contributed by atoms with E-state index in [9.17, 15) is 4.79 Å². The van der Waals surface area contributed by atoms with Gasteiger partial charge >= 0.3 is 5.97 Å². The van der Waals surface area contributed by atoms with Crippen LogP contribution in [0.2, 0.25) is 0 Å². The van der Waals surface area contributed by atoms with Crippen LogP contribution in [0.15, 0.2) is 47.6 Å². The lowest BCUT2D eigenvalue weighted by Gasteiger charge is -2.26. The number of ether oxygens (including phenoxy) is 1. The first-order chi connectivity index (χ1) is 13.9. The normalized spacial score (nSPS) is 33.3. The molecule has 2 nitrogen and oxygen atoms in total. The number of hydrogen-bond acceptors (Lipinski definition) is 2. The average molecular weight is 397 g/mol. The zero-order chi connectivity index (χ0) is 20.8. The average Bonchev–Trinajstić information content (AvgIpc) is 3.04. The molecule has 1 heterocycles. The SMILES string of the molecule is C=C1CC(C[C@@H](C)C2CCCC/C(=C\C=C3\CCCCC3=C)C(C)CC2)OC1=O. The van der Waals surface area contributed by atoms with Crippen molar-refractivity contribution in [2.75, 3.05) is 0 Å². The quantitative estimate of drug-likeness (QED) is 0.364. The first-order valence-corrected chi connectivity index (χ1v) is 11.9. The topological polar surface area (TPSA) is 26.3 Å². The van der Waals surface area contributed by atoms with Crippen LogP contribution in [0.5, 0.6) is 0 Å². The third-order valence-corrected chi connectivity index (χ3v) is 7.50. The molecular weight excluding hydrogens is 356 g/mol. The van der Waals surface area contributed by atoms with E-state index in [1.807, 2.05) is 0 Å². The van der Waals surface area contributed by atoms with Crippen LogP contribution < -0.4 is 0 Å². The van der Waals surface area contributed by atoms with Crippen molar-refractivity contribution in [3.63, 3.8) is 0 Å². The predicted molar refractivity (Wildman–Crippen MR) is 122 cm³/mol. The van der Waals surface area contributed by atoms with Gasteiger partial charge in [0.25, 0.3) is 0 Å². The summed E-state index contributed by atoms with van der Waals surface area (Å²) in [6.45, 7) is 12.9. The van der Waals surface area contributed by atoms with Crippen LogP contribution >= 0.6 is 0 Å². The van der Waals surface area contributed by atoms with Gasteiger partial charge in [0.15, 0.2) is 0 Å². The molecule has 0 bridgehead atoms. The molecule has 0 N–H and O–H groups in total. The minimum atomic E-state index is -0.185. The minimum Gasteiger partial charge on any atom is -0.459 e. The third-order valence-electron chi connectivity index (χ3n) is 7.50. The summed E-state index contributed by atoms with van der Waals surface area (Å²) in [4.78, 5) is 11.6. The summed E-state index contributed by atoms with van der Waals surface area (Å²) < 4.78 is 5.49. The molecule has 3 rings (SSSR count). The molecule has 0 aromatic rings. The minimum absolute atomic E-state index is 0.0562. The number of hydrogen-bond donors (Lipinski definition) is 0. The monoisotopic (exact) mass is 396 g/mol. The van der Waals surface area contributed by atoms with Crippen molar-refractivity contribution >= 4 is 5.97 Å². The van der Waals surface area contributed by atoms with Gasteiger partial charge in [-0.05, 0) is 81.1 Å². The maximum atomic E-state index is 11.6. The molecular formula is C27H40O2. The molecule has 0 aromatic carbocycles. The highest BCUT2D eigenvalue weighted by molar-refractivity contribution is 5.89. The van der Waals surface area contributed by atoms with Crippen LogP contribution in [-0.4, -0.2) is 12.1 Å². The van der Waals surface area contributed by atoms with E-state index >= 15 is 0 Å². The van der Waals surface area contributed by atoms with Crippen molar-refractivity contribution in [2.24, 2.45) is 17.8 Å². The third kappa shape index (κ3) is 6.20. The highest BCUT2D eigenvalue weighted by Crippen LogP contribution is 2.36. The molecule has 2 saturated carbocycles. The van der Waals surface area contributed by atoms with E-state index in [1.165, 1.54) is 75.4 Å². The number of esters is 1. The molecule has 3 unspecified atom stereocenters. The van der Waals surface area contributed by atoms with Crippen molar-refractivity contribution in [2.45, 2.75) is 97.0 Å². The Hall–Kier alpha value is -1.57. The summed E-state index contributed by atoms with van der Waals surface area (Å²) in [6, 6.07) is 0. The van der Waals surface area contributed by atoms with E-state index in [0.29, 0.717) is 17.4 Å². The lowest BCUT2D eigenvalue weighted by Crippen LogP contribution is -2.19. The lowest BCUT2D eigenvalue weighted by molar-refractivity contribution is -0.139. The molecule has 0 amide bonds. The van der Waals surface area contributed by atoms with Crippen molar-refractivity contribution in [3.05, 3.63) is 47.6 Å². The summed E-state index contributed by atoms with van der Waals surface area (Å²) in [5, 5.41) is 0. The van der Waals surface area contributed by atoms with Crippen LogP contribution in [0.25, 0.3) is 0 Å². The highest BCUT2D eigenvalue weighted by atomic mass is 16.5. The van der Waals surface area contributed by atoms with Crippen LogP contribution in [0.4, 0.5) is 0 Å². The van der Waals surface area contributed by atoms with Gasteiger partial charge in [0, 0.05) is 12.0 Å². The first-order valence-electron chi connectivity index (χ1n) is 11.9. The van der Waals surface area contributed by atoms with E-state index in [2.05, 4.69) is 39.2 Å².